The average Bonchev–Trinajstić information content (AvgIpc) is 2.68. The Bertz CT molecular complexity index is 567. The molecular weight excluding hydrogens is 350 g/mol. The maximum Gasteiger partial charge on any atom is 0.314 e. The largest absolute Gasteiger partial charge is 0.469 e. The average molecular weight is 380 g/mol. The van der Waals surface area contributed by atoms with E-state index in [0.717, 1.165) is 37.7 Å². The third kappa shape index (κ3) is 5.43. The van der Waals surface area contributed by atoms with Gasteiger partial charge in [0.2, 0.25) is 0 Å². The zero-order chi connectivity index (χ0) is 18.4. The summed E-state index contributed by atoms with van der Waals surface area (Å²) in [7, 11) is 1.46. The van der Waals surface area contributed by atoms with E-state index in [4.69, 9.17) is 16.3 Å². The van der Waals surface area contributed by atoms with E-state index in [2.05, 4.69) is 15.1 Å². The second kappa shape index (κ2) is 9.70. The van der Waals surface area contributed by atoms with Crippen molar-refractivity contribution in [1.29, 1.82) is 0 Å². The highest BCUT2D eigenvalue weighted by Crippen LogP contribution is 2.25. The molecule has 2 fully saturated rings. The van der Waals surface area contributed by atoms with Crippen LogP contribution in [0.25, 0.3) is 0 Å². The molecule has 0 bridgehead atoms. The van der Waals surface area contributed by atoms with E-state index in [-0.39, 0.29) is 11.9 Å². The predicted molar refractivity (Wildman–Crippen MR) is 105 cm³/mol. The van der Waals surface area contributed by atoms with E-state index in [0.29, 0.717) is 11.6 Å². The van der Waals surface area contributed by atoms with Crippen molar-refractivity contribution < 1.29 is 9.53 Å². The Morgan fingerprint density at radius 1 is 1.15 bits per heavy atom. The molecule has 0 saturated carbocycles. The number of likely N-dealkylation sites (tertiary alicyclic amines) is 1. The van der Waals surface area contributed by atoms with Crippen molar-refractivity contribution in [3.05, 3.63) is 34.9 Å². The molecule has 1 aromatic rings. The molecule has 0 aromatic heterocycles. The summed E-state index contributed by atoms with van der Waals surface area (Å²) in [4.78, 5) is 17.3. The van der Waals surface area contributed by atoms with Gasteiger partial charge < -0.3 is 19.9 Å². The van der Waals surface area contributed by atoms with Crippen LogP contribution >= 0.6 is 11.6 Å². The molecule has 0 amide bonds. The van der Waals surface area contributed by atoms with Crippen molar-refractivity contribution in [2.75, 3.05) is 59.5 Å². The molecule has 2 heterocycles. The van der Waals surface area contributed by atoms with Crippen LogP contribution < -0.4 is 5.32 Å². The molecule has 144 valence electrons. The monoisotopic (exact) mass is 379 g/mol. The van der Waals surface area contributed by atoms with Gasteiger partial charge in [0.05, 0.1) is 13.0 Å². The van der Waals surface area contributed by atoms with Crippen LogP contribution in [0.2, 0.25) is 5.02 Å². The third-order valence-corrected chi connectivity index (χ3v) is 5.88. The van der Waals surface area contributed by atoms with Crippen LogP contribution in [0.4, 0.5) is 0 Å². The number of ether oxygens (including phenoxy) is 1. The Morgan fingerprint density at radius 2 is 1.81 bits per heavy atom. The normalized spacial score (nSPS) is 21.5. The van der Waals surface area contributed by atoms with Gasteiger partial charge in [-0.15, -0.1) is 0 Å². The lowest BCUT2D eigenvalue weighted by Gasteiger charge is -2.37. The van der Waals surface area contributed by atoms with Crippen LogP contribution in [0, 0.1) is 5.92 Å². The van der Waals surface area contributed by atoms with E-state index < -0.39 is 0 Å². The van der Waals surface area contributed by atoms with Gasteiger partial charge in [-0.25, -0.2) is 0 Å². The molecule has 3 rings (SSSR count). The van der Waals surface area contributed by atoms with Gasteiger partial charge >= 0.3 is 5.97 Å². The van der Waals surface area contributed by atoms with Crippen LogP contribution in [0.3, 0.4) is 0 Å². The van der Waals surface area contributed by atoms with Gasteiger partial charge in [-0.2, -0.15) is 0 Å². The predicted octanol–water partition coefficient (Wildman–Crippen LogP) is 2.21. The molecule has 2 aliphatic heterocycles. The first-order chi connectivity index (χ1) is 12.7. The molecule has 0 spiro atoms. The zero-order valence-electron chi connectivity index (χ0n) is 15.6. The number of halogens is 1. The lowest BCUT2D eigenvalue weighted by atomic mass is 9.93. The maximum absolute atomic E-state index is 12.3. The number of carbonyl (C=O) groups excluding carboxylic acids is 1. The minimum atomic E-state index is -0.248. The lowest BCUT2D eigenvalue weighted by molar-refractivity contribution is -0.143. The first kappa shape index (κ1) is 19.6. The fraction of sp³-hybridized carbons (Fsp3) is 0.650. The Kier molecular flexibility index (Phi) is 7.32. The number of piperazine rings is 1. The van der Waals surface area contributed by atoms with Crippen LogP contribution in [0.15, 0.2) is 24.3 Å². The van der Waals surface area contributed by atoms with E-state index in [1.807, 2.05) is 24.3 Å². The topological polar surface area (TPSA) is 44.8 Å². The first-order valence-corrected chi connectivity index (χ1v) is 10.0. The molecular formula is C20H30ClN3O2. The van der Waals surface area contributed by atoms with Crippen molar-refractivity contribution in [3.63, 3.8) is 0 Å². The molecule has 1 N–H and O–H groups in total. The van der Waals surface area contributed by atoms with Crippen molar-refractivity contribution in [1.82, 2.24) is 15.1 Å². The number of nitrogens with one attached hydrogen (secondary N) is 1. The van der Waals surface area contributed by atoms with Crippen LogP contribution in [0.1, 0.15) is 24.3 Å². The van der Waals surface area contributed by atoms with Crippen molar-refractivity contribution in [2.45, 2.75) is 18.8 Å². The van der Waals surface area contributed by atoms with E-state index >= 15 is 0 Å². The molecule has 2 saturated heterocycles. The number of hydrogen-bond donors (Lipinski definition) is 1. The standard InChI is InChI=1S/C20H30ClN3O2/c1-26-20(25)19(17-2-4-18(21)5-3-17)15-23-10-6-16(7-11-23)14-24-12-8-22-9-13-24/h2-5,16,19,22H,6-15H2,1H3. The number of nitrogens with zero attached hydrogens (tertiary/aromatic N) is 2. The van der Waals surface area contributed by atoms with Gasteiger partial charge in [0, 0.05) is 44.3 Å². The smallest absolute Gasteiger partial charge is 0.314 e. The fourth-order valence-corrected chi connectivity index (χ4v) is 4.15. The quantitative estimate of drug-likeness (QED) is 0.768. The third-order valence-electron chi connectivity index (χ3n) is 5.63. The second-order valence-corrected chi connectivity index (χ2v) is 7.86. The Morgan fingerprint density at radius 3 is 2.42 bits per heavy atom. The van der Waals surface area contributed by atoms with Gasteiger partial charge in [-0.3, -0.25) is 4.79 Å². The summed E-state index contributed by atoms with van der Waals surface area (Å²) >= 11 is 5.98. The minimum absolute atomic E-state index is 0.171. The minimum Gasteiger partial charge on any atom is -0.469 e. The summed E-state index contributed by atoms with van der Waals surface area (Å²) in [6, 6.07) is 7.54. The number of piperidine rings is 1. The summed E-state index contributed by atoms with van der Waals surface area (Å²) in [6.07, 6.45) is 2.41. The number of rotatable bonds is 6. The lowest BCUT2D eigenvalue weighted by Crippen LogP contribution is -2.47. The van der Waals surface area contributed by atoms with Crippen LogP contribution in [-0.4, -0.2) is 75.2 Å². The van der Waals surface area contributed by atoms with Gasteiger partial charge in [0.1, 0.15) is 0 Å². The van der Waals surface area contributed by atoms with Gasteiger partial charge in [0.25, 0.3) is 0 Å². The van der Waals surface area contributed by atoms with Crippen LogP contribution in [-0.2, 0) is 9.53 Å². The number of carbonyl (C=O) groups is 1. The van der Waals surface area contributed by atoms with Crippen LogP contribution in [0.5, 0.6) is 0 Å². The number of hydrogen-bond acceptors (Lipinski definition) is 5. The van der Waals surface area contributed by atoms with Gasteiger partial charge in [0.15, 0.2) is 0 Å². The molecule has 1 unspecified atom stereocenters. The van der Waals surface area contributed by atoms with Gasteiger partial charge in [-0.05, 0) is 49.5 Å². The molecule has 0 aliphatic carbocycles. The van der Waals surface area contributed by atoms with Crippen molar-refractivity contribution >= 4 is 17.6 Å². The number of esters is 1. The molecule has 6 heteroatoms. The fourth-order valence-electron chi connectivity index (χ4n) is 4.02. The summed E-state index contributed by atoms with van der Waals surface area (Å²) in [6.45, 7) is 8.60. The molecule has 1 atom stereocenters. The van der Waals surface area contributed by atoms with Crippen molar-refractivity contribution in [3.8, 4) is 0 Å². The first-order valence-electron chi connectivity index (χ1n) is 9.64. The molecule has 1 aromatic carbocycles. The van der Waals surface area contributed by atoms with E-state index in [9.17, 15) is 4.79 Å². The highest BCUT2D eigenvalue weighted by molar-refractivity contribution is 6.30. The summed E-state index contributed by atoms with van der Waals surface area (Å²) in [5, 5.41) is 4.10. The second-order valence-electron chi connectivity index (χ2n) is 7.42. The molecule has 26 heavy (non-hydrogen) atoms. The number of benzene rings is 1. The molecule has 2 aliphatic rings. The highest BCUT2D eigenvalue weighted by atomic mass is 35.5. The Balaban J connectivity index is 1.52. The summed E-state index contributed by atoms with van der Waals surface area (Å²) in [5.41, 5.74) is 0.976. The zero-order valence-corrected chi connectivity index (χ0v) is 16.4. The Labute approximate surface area is 161 Å². The SMILES string of the molecule is COC(=O)C(CN1CCC(CN2CCNCC2)CC1)c1ccc(Cl)cc1. The van der Waals surface area contributed by atoms with Crippen molar-refractivity contribution in [2.24, 2.45) is 5.92 Å². The van der Waals surface area contributed by atoms with Gasteiger partial charge in [-0.1, -0.05) is 23.7 Å². The summed E-state index contributed by atoms with van der Waals surface area (Å²) < 4.78 is 5.05. The molecule has 5 nitrogen and oxygen atoms in total. The maximum atomic E-state index is 12.3. The van der Waals surface area contributed by atoms with E-state index in [1.165, 1.54) is 39.6 Å². The molecule has 0 radical (unpaired) electrons. The highest BCUT2D eigenvalue weighted by Gasteiger charge is 2.28. The summed E-state index contributed by atoms with van der Waals surface area (Å²) in [5.74, 6) is 0.355. The Hall–Kier alpha value is -1.14. The number of methoxy groups -OCH3 is 1. The van der Waals surface area contributed by atoms with E-state index in [1.54, 1.807) is 0 Å².